The zero-order valence-corrected chi connectivity index (χ0v) is 15.9. The number of halogens is 4. The molecule has 0 radical (unpaired) electrons. The zero-order valence-electron chi connectivity index (χ0n) is 15.9. The predicted molar refractivity (Wildman–Crippen MR) is 95.7 cm³/mol. The number of benzene rings is 1. The normalized spacial score (nSPS) is 19.7. The number of likely N-dealkylation sites (tertiary alicyclic amines) is 1. The summed E-state index contributed by atoms with van der Waals surface area (Å²) in [5, 5.41) is 5.66. The quantitative estimate of drug-likeness (QED) is 0.745. The molecule has 2 atom stereocenters. The molecule has 1 aromatic rings. The average molecular weight is 389 g/mol. The van der Waals surface area contributed by atoms with Gasteiger partial charge in [0.1, 0.15) is 5.82 Å². The summed E-state index contributed by atoms with van der Waals surface area (Å²) in [4.78, 5) is 13.7. The fourth-order valence-corrected chi connectivity index (χ4v) is 3.35. The van der Waals surface area contributed by atoms with Gasteiger partial charge in [-0.1, -0.05) is 32.9 Å². The summed E-state index contributed by atoms with van der Waals surface area (Å²) < 4.78 is 50.5. The van der Waals surface area contributed by atoms with Crippen LogP contribution in [-0.2, 0) is 0 Å². The van der Waals surface area contributed by atoms with Crippen LogP contribution in [0.1, 0.15) is 38.8 Å². The first-order chi connectivity index (χ1) is 12.4. The van der Waals surface area contributed by atoms with Crippen LogP contribution in [0.4, 0.5) is 22.4 Å². The van der Waals surface area contributed by atoms with E-state index < -0.39 is 12.7 Å². The molecule has 8 heteroatoms. The number of urea groups is 1. The maximum absolute atomic E-state index is 13.2. The zero-order chi connectivity index (χ0) is 20.2. The minimum Gasteiger partial charge on any atom is -0.338 e. The molecular weight excluding hydrogens is 362 g/mol. The minimum absolute atomic E-state index is 0.00277. The molecule has 0 saturated carbocycles. The highest BCUT2D eigenvalue weighted by Gasteiger charge is 2.34. The Labute approximate surface area is 157 Å². The summed E-state index contributed by atoms with van der Waals surface area (Å²) in [6.07, 6.45) is -3.58. The van der Waals surface area contributed by atoms with Gasteiger partial charge in [0.25, 0.3) is 0 Å². The Balaban J connectivity index is 1.87. The van der Waals surface area contributed by atoms with E-state index in [1.165, 1.54) is 17.0 Å². The number of nitrogens with one attached hydrogen (secondary N) is 2. The lowest BCUT2D eigenvalue weighted by Gasteiger charge is -2.32. The van der Waals surface area contributed by atoms with Crippen molar-refractivity contribution in [3.63, 3.8) is 0 Å². The highest BCUT2D eigenvalue weighted by atomic mass is 19.4. The number of carbonyl (C=O) groups excluding carboxylic acids is 1. The van der Waals surface area contributed by atoms with Crippen LogP contribution < -0.4 is 10.6 Å². The lowest BCUT2D eigenvalue weighted by atomic mass is 9.82. The molecule has 2 rings (SSSR count). The number of amides is 2. The van der Waals surface area contributed by atoms with Gasteiger partial charge in [-0.3, -0.25) is 4.90 Å². The maximum atomic E-state index is 13.2. The van der Waals surface area contributed by atoms with Crippen LogP contribution in [-0.4, -0.2) is 43.3 Å². The number of hydrogen-bond acceptors (Lipinski definition) is 2. The third kappa shape index (κ3) is 7.01. The summed E-state index contributed by atoms with van der Waals surface area (Å²) in [5.74, 6) is -0.350. The van der Waals surface area contributed by atoms with E-state index in [4.69, 9.17) is 0 Å². The summed E-state index contributed by atoms with van der Waals surface area (Å²) >= 11 is 0. The van der Waals surface area contributed by atoms with Gasteiger partial charge in [-0.25, -0.2) is 9.18 Å². The maximum Gasteiger partial charge on any atom is 0.401 e. The van der Waals surface area contributed by atoms with Crippen molar-refractivity contribution in [3.05, 3.63) is 35.6 Å². The molecule has 4 nitrogen and oxygen atoms in total. The molecule has 1 fully saturated rings. The average Bonchev–Trinajstić information content (AvgIpc) is 2.96. The molecule has 0 aromatic heterocycles. The van der Waals surface area contributed by atoms with Crippen LogP contribution >= 0.6 is 0 Å². The van der Waals surface area contributed by atoms with E-state index in [2.05, 4.69) is 10.6 Å². The van der Waals surface area contributed by atoms with Gasteiger partial charge in [-0.15, -0.1) is 0 Å². The Morgan fingerprint density at radius 3 is 2.41 bits per heavy atom. The van der Waals surface area contributed by atoms with Crippen molar-refractivity contribution < 1.29 is 22.4 Å². The molecular formula is C19H27F4N3O. The second-order valence-electron chi connectivity index (χ2n) is 8.21. The van der Waals surface area contributed by atoms with E-state index in [1.54, 1.807) is 12.1 Å². The second-order valence-corrected chi connectivity index (χ2v) is 8.21. The van der Waals surface area contributed by atoms with Gasteiger partial charge in [-0.2, -0.15) is 13.2 Å². The van der Waals surface area contributed by atoms with Gasteiger partial charge >= 0.3 is 12.2 Å². The number of rotatable bonds is 5. The number of hydrogen-bond donors (Lipinski definition) is 2. The van der Waals surface area contributed by atoms with Crippen LogP contribution in [0.2, 0.25) is 0 Å². The molecule has 27 heavy (non-hydrogen) atoms. The van der Waals surface area contributed by atoms with E-state index in [1.807, 2.05) is 20.8 Å². The number of nitrogens with zero attached hydrogens (tertiary/aromatic N) is 1. The second kappa shape index (κ2) is 8.46. The van der Waals surface area contributed by atoms with Crippen molar-refractivity contribution in [2.75, 3.05) is 26.2 Å². The van der Waals surface area contributed by atoms with Crippen molar-refractivity contribution in [1.29, 1.82) is 0 Å². The standard InChI is InChI=1S/C19H27F4N3O/c1-18(2,3)16(14-4-6-15(20)7-5-14)25-17(27)24-10-13-8-9-26(11-13)12-19(21,22)23/h4-7,13,16H,8-12H2,1-3H3,(H2,24,25,27)/t13-,16-/m1/s1. The highest BCUT2D eigenvalue weighted by molar-refractivity contribution is 5.74. The Hall–Kier alpha value is -1.83. The summed E-state index contributed by atoms with van der Waals surface area (Å²) in [6.45, 7) is 6.01. The van der Waals surface area contributed by atoms with E-state index in [9.17, 15) is 22.4 Å². The van der Waals surface area contributed by atoms with E-state index in [0.29, 0.717) is 26.1 Å². The van der Waals surface area contributed by atoms with Gasteiger partial charge in [0.05, 0.1) is 12.6 Å². The van der Waals surface area contributed by atoms with Crippen LogP contribution in [0, 0.1) is 17.2 Å². The first-order valence-corrected chi connectivity index (χ1v) is 9.03. The van der Waals surface area contributed by atoms with Gasteiger partial charge in [0.15, 0.2) is 0 Å². The smallest absolute Gasteiger partial charge is 0.338 e. The Morgan fingerprint density at radius 2 is 1.85 bits per heavy atom. The molecule has 0 aliphatic carbocycles. The van der Waals surface area contributed by atoms with E-state index in [-0.39, 0.29) is 29.2 Å². The predicted octanol–water partition coefficient (Wildman–Crippen LogP) is 4.10. The molecule has 0 spiro atoms. The van der Waals surface area contributed by atoms with Crippen molar-refractivity contribution >= 4 is 6.03 Å². The van der Waals surface area contributed by atoms with Gasteiger partial charge in [-0.05, 0) is 42.0 Å². The van der Waals surface area contributed by atoms with Crippen molar-refractivity contribution in [3.8, 4) is 0 Å². The third-order valence-corrected chi connectivity index (χ3v) is 4.67. The molecule has 1 aromatic carbocycles. The first-order valence-electron chi connectivity index (χ1n) is 9.03. The first kappa shape index (κ1) is 21.5. The molecule has 1 aliphatic rings. The lowest BCUT2D eigenvalue weighted by molar-refractivity contribution is -0.143. The van der Waals surface area contributed by atoms with E-state index in [0.717, 1.165) is 5.56 Å². The third-order valence-electron chi connectivity index (χ3n) is 4.67. The van der Waals surface area contributed by atoms with Crippen LogP contribution in [0.25, 0.3) is 0 Å². The molecule has 0 unspecified atom stereocenters. The van der Waals surface area contributed by atoms with E-state index >= 15 is 0 Å². The SMILES string of the molecule is CC(C)(C)[C@H](NC(=O)NC[C@H]1CCN(CC(F)(F)F)C1)c1ccc(F)cc1. The van der Waals surface area contributed by atoms with Crippen LogP contribution in [0.15, 0.2) is 24.3 Å². The lowest BCUT2D eigenvalue weighted by Crippen LogP contribution is -2.44. The van der Waals surface area contributed by atoms with Crippen molar-refractivity contribution in [2.45, 2.75) is 39.4 Å². The molecule has 152 valence electrons. The highest BCUT2D eigenvalue weighted by Crippen LogP contribution is 2.32. The fraction of sp³-hybridized carbons (Fsp3) is 0.632. The summed E-state index contributed by atoms with van der Waals surface area (Å²) in [5.41, 5.74) is 0.489. The Bertz CT molecular complexity index is 625. The fourth-order valence-electron chi connectivity index (χ4n) is 3.35. The number of alkyl halides is 3. The summed E-state index contributed by atoms with van der Waals surface area (Å²) in [7, 11) is 0. The molecule has 1 aliphatic heterocycles. The Kier molecular flexibility index (Phi) is 6.72. The summed E-state index contributed by atoms with van der Waals surface area (Å²) in [6, 6.07) is 5.26. The topological polar surface area (TPSA) is 44.4 Å². The van der Waals surface area contributed by atoms with Crippen LogP contribution in [0.5, 0.6) is 0 Å². The van der Waals surface area contributed by atoms with Crippen LogP contribution in [0.3, 0.4) is 0 Å². The van der Waals surface area contributed by atoms with Gasteiger partial charge < -0.3 is 10.6 Å². The Morgan fingerprint density at radius 1 is 1.22 bits per heavy atom. The minimum atomic E-state index is -4.20. The van der Waals surface area contributed by atoms with Crippen molar-refractivity contribution in [2.24, 2.45) is 11.3 Å². The van der Waals surface area contributed by atoms with Crippen molar-refractivity contribution in [1.82, 2.24) is 15.5 Å². The molecule has 2 amide bonds. The molecule has 1 saturated heterocycles. The molecule has 1 heterocycles. The van der Waals surface area contributed by atoms with Gasteiger partial charge in [0, 0.05) is 13.1 Å². The monoisotopic (exact) mass is 389 g/mol. The molecule has 0 bridgehead atoms. The van der Waals surface area contributed by atoms with Gasteiger partial charge in [0.2, 0.25) is 0 Å². The molecule has 2 N–H and O–H groups in total. The largest absolute Gasteiger partial charge is 0.401 e. The number of carbonyl (C=O) groups is 1.